The minimum Gasteiger partial charge on any atom is -0.459 e. The second-order valence-electron chi connectivity index (χ2n) is 5.64. The number of rotatable bonds is 4. The lowest BCUT2D eigenvalue weighted by Gasteiger charge is -2.10. The van der Waals surface area contributed by atoms with Gasteiger partial charge in [-0.1, -0.05) is 18.2 Å². The van der Waals surface area contributed by atoms with Crippen LogP contribution in [0.4, 0.5) is 11.4 Å². The number of hydrogen-bond acceptors (Lipinski definition) is 3. The molecule has 0 amide bonds. The fraction of sp³-hybridized carbons (Fsp3) is 0.0455. The van der Waals surface area contributed by atoms with Gasteiger partial charge in [-0.3, -0.25) is 4.85 Å². The maximum Gasteiger partial charge on any atom is 0.198 e. The second kappa shape index (κ2) is 7.74. The first-order valence-electron chi connectivity index (χ1n) is 7.98. The van der Waals surface area contributed by atoms with E-state index < -0.39 is 0 Å². The van der Waals surface area contributed by atoms with Gasteiger partial charge in [0.15, 0.2) is 11.4 Å². The van der Waals surface area contributed by atoms with E-state index in [-0.39, 0.29) is 5.69 Å². The third-order valence-electron chi connectivity index (χ3n) is 3.79. The van der Waals surface area contributed by atoms with Gasteiger partial charge in [-0.05, 0) is 48.9 Å². The quantitative estimate of drug-likeness (QED) is 0.501. The lowest BCUT2D eigenvalue weighted by molar-refractivity contribution is 0.460. The fourth-order valence-electron chi connectivity index (χ4n) is 2.41. The Morgan fingerprint density at radius 3 is 2.00 bits per heavy atom. The monoisotopic (exact) mass is 351 g/mol. The summed E-state index contributed by atoms with van der Waals surface area (Å²) in [5.41, 5.74) is 1.99. The number of aryl methyl sites for hydroxylation is 1. The third-order valence-corrected chi connectivity index (χ3v) is 3.79. The van der Waals surface area contributed by atoms with Gasteiger partial charge in [0.05, 0.1) is 24.8 Å². The molecule has 3 aromatic rings. The van der Waals surface area contributed by atoms with Gasteiger partial charge in [-0.25, -0.2) is 4.85 Å². The van der Waals surface area contributed by atoms with Gasteiger partial charge in [0.2, 0.25) is 0 Å². The van der Waals surface area contributed by atoms with Crippen LogP contribution in [-0.4, -0.2) is 0 Å². The molecule has 3 aromatic carbocycles. The molecule has 5 heteroatoms. The van der Waals surface area contributed by atoms with Crippen molar-refractivity contribution in [2.45, 2.75) is 6.92 Å². The van der Waals surface area contributed by atoms with E-state index in [0.717, 1.165) is 5.56 Å². The van der Waals surface area contributed by atoms with Crippen molar-refractivity contribution >= 4 is 11.4 Å². The average molecular weight is 351 g/mol. The first-order valence-corrected chi connectivity index (χ1v) is 7.98. The van der Waals surface area contributed by atoms with Gasteiger partial charge in [0, 0.05) is 6.07 Å². The predicted octanol–water partition coefficient (Wildman–Crippen LogP) is 6.55. The molecule has 0 unspecified atom stereocenters. The van der Waals surface area contributed by atoms with Crippen LogP contribution in [0, 0.1) is 31.4 Å². The Hall–Kier alpha value is -4.27. The van der Waals surface area contributed by atoms with Crippen molar-refractivity contribution in [3.63, 3.8) is 0 Å². The molecule has 0 spiro atoms. The Balaban J connectivity index is 1.81. The summed E-state index contributed by atoms with van der Waals surface area (Å²) in [7, 11) is 0. The summed E-state index contributed by atoms with van der Waals surface area (Å²) < 4.78 is 11.6. The maximum absolute atomic E-state index is 9.13. The van der Waals surface area contributed by atoms with Crippen LogP contribution in [0.2, 0.25) is 0 Å². The summed E-state index contributed by atoms with van der Waals surface area (Å²) >= 11 is 0. The van der Waals surface area contributed by atoms with E-state index in [2.05, 4.69) is 15.8 Å². The molecule has 0 aliphatic heterocycles. The topological polar surface area (TPSA) is 51.0 Å². The van der Waals surface area contributed by atoms with Crippen LogP contribution in [0.3, 0.4) is 0 Å². The number of nitriles is 1. The van der Waals surface area contributed by atoms with E-state index in [1.807, 2.05) is 13.0 Å². The third kappa shape index (κ3) is 4.04. The summed E-state index contributed by atoms with van der Waals surface area (Å²) in [6.07, 6.45) is 0. The molecule has 128 valence electrons. The van der Waals surface area contributed by atoms with E-state index in [1.165, 1.54) is 6.07 Å². The zero-order valence-electron chi connectivity index (χ0n) is 14.4. The SMILES string of the molecule is [C-]#[N+]c1ccc(Oc2cccc(Oc3ccc(C)c(C#N)c3)c2)cc1[N+]#[C-]. The Kier molecular flexibility index (Phi) is 5.03. The lowest BCUT2D eigenvalue weighted by Crippen LogP contribution is -1.89. The largest absolute Gasteiger partial charge is 0.459 e. The molecule has 3 rings (SSSR count). The standard InChI is InChI=1S/C22H13N3O2/c1-15-7-8-19(11-16(15)14-23)26-17-5-4-6-18(12-17)27-20-9-10-21(24-2)22(13-20)25-3/h4-13H,1H3. The lowest BCUT2D eigenvalue weighted by atomic mass is 10.1. The minimum absolute atomic E-state index is 0.249. The Labute approximate surface area is 157 Å². The Morgan fingerprint density at radius 2 is 1.37 bits per heavy atom. The van der Waals surface area contributed by atoms with E-state index in [1.54, 1.807) is 48.5 Å². The molecule has 0 saturated carbocycles. The van der Waals surface area contributed by atoms with Gasteiger partial charge in [0.1, 0.15) is 23.0 Å². The molecule has 0 aliphatic carbocycles. The van der Waals surface area contributed by atoms with Crippen molar-refractivity contribution in [1.29, 1.82) is 5.26 Å². The summed E-state index contributed by atoms with van der Waals surface area (Å²) in [6.45, 7) is 16.1. The van der Waals surface area contributed by atoms with Crippen molar-refractivity contribution in [2.24, 2.45) is 0 Å². The molecule has 0 radical (unpaired) electrons. The first-order chi connectivity index (χ1) is 13.1. The van der Waals surface area contributed by atoms with Crippen LogP contribution < -0.4 is 9.47 Å². The highest BCUT2D eigenvalue weighted by atomic mass is 16.5. The fourth-order valence-corrected chi connectivity index (χ4v) is 2.41. The molecule has 0 N–H and O–H groups in total. The molecule has 0 aliphatic rings. The van der Waals surface area contributed by atoms with Crippen molar-refractivity contribution in [3.05, 3.63) is 94.6 Å². The maximum atomic E-state index is 9.13. The summed E-state index contributed by atoms with van der Waals surface area (Å²) in [6, 6.07) is 19.3. The number of ether oxygens (including phenoxy) is 2. The molecular formula is C22H13N3O2. The highest BCUT2D eigenvalue weighted by molar-refractivity contribution is 5.72. The average Bonchev–Trinajstić information content (AvgIpc) is 2.69. The zero-order valence-corrected chi connectivity index (χ0v) is 14.4. The van der Waals surface area contributed by atoms with Crippen LogP contribution in [-0.2, 0) is 0 Å². The summed E-state index contributed by atoms with van der Waals surface area (Å²) in [4.78, 5) is 6.65. The highest BCUT2D eigenvalue weighted by Crippen LogP contribution is 2.35. The van der Waals surface area contributed by atoms with Crippen molar-refractivity contribution < 1.29 is 9.47 Å². The summed E-state index contributed by atoms with van der Waals surface area (Å²) in [5, 5.41) is 9.13. The molecule has 0 saturated heterocycles. The van der Waals surface area contributed by atoms with Gasteiger partial charge < -0.3 is 9.47 Å². The zero-order chi connectivity index (χ0) is 19.2. The highest BCUT2D eigenvalue weighted by Gasteiger charge is 2.07. The summed E-state index contributed by atoms with van der Waals surface area (Å²) in [5.74, 6) is 2.12. The normalized spacial score (nSPS) is 9.56. The van der Waals surface area contributed by atoms with Gasteiger partial charge in [0.25, 0.3) is 0 Å². The molecule has 0 fully saturated rings. The van der Waals surface area contributed by atoms with Gasteiger partial charge in [-0.15, -0.1) is 0 Å². The molecule has 0 heterocycles. The molecule has 27 heavy (non-hydrogen) atoms. The Morgan fingerprint density at radius 1 is 0.778 bits per heavy atom. The Bertz CT molecular complexity index is 1130. The minimum atomic E-state index is 0.249. The van der Waals surface area contributed by atoms with Crippen molar-refractivity contribution in [2.75, 3.05) is 0 Å². The van der Waals surface area contributed by atoms with Crippen LogP contribution in [0.15, 0.2) is 60.7 Å². The number of benzene rings is 3. The van der Waals surface area contributed by atoms with Crippen LogP contribution in [0.1, 0.15) is 11.1 Å². The van der Waals surface area contributed by atoms with E-state index in [0.29, 0.717) is 34.2 Å². The number of nitrogens with zero attached hydrogens (tertiary/aromatic N) is 3. The second-order valence-corrected chi connectivity index (χ2v) is 5.64. The molecule has 0 bridgehead atoms. The van der Waals surface area contributed by atoms with Crippen molar-refractivity contribution in [3.8, 4) is 29.1 Å². The van der Waals surface area contributed by atoms with Gasteiger partial charge in [-0.2, -0.15) is 5.26 Å². The number of hydrogen-bond donors (Lipinski definition) is 0. The van der Waals surface area contributed by atoms with E-state index >= 15 is 0 Å². The molecule has 0 aromatic heterocycles. The van der Waals surface area contributed by atoms with E-state index in [4.69, 9.17) is 27.9 Å². The van der Waals surface area contributed by atoms with Crippen LogP contribution in [0.25, 0.3) is 9.69 Å². The predicted molar refractivity (Wildman–Crippen MR) is 101 cm³/mol. The van der Waals surface area contributed by atoms with Crippen molar-refractivity contribution in [1.82, 2.24) is 0 Å². The first kappa shape index (κ1) is 17.5. The molecule has 0 atom stereocenters. The molecular weight excluding hydrogens is 338 g/mol. The van der Waals surface area contributed by atoms with E-state index in [9.17, 15) is 0 Å². The van der Waals surface area contributed by atoms with Gasteiger partial charge >= 0.3 is 0 Å². The van der Waals surface area contributed by atoms with Crippen LogP contribution in [0.5, 0.6) is 23.0 Å². The smallest absolute Gasteiger partial charge is 0.198 e. The van der Waals surface area contributed by atoms with Crippen LogP contribution >= 0.6 is 0 Å². The molecule has 5 nitrogen and oxygen atoms in total.